The van der Waals surface area contributed by atoms with E-state index < -0.39 is 35.1 Å². The van der Waals surface area contributed by atoms with Crippen molar-refractivity contribution < 1.29 is 19.6 Å². The van der Waals surface area contributed by atoms with Crippen molar-refractivity contribution >= 4 is 40.7 Å². The minimum Gasteiger partial charge on any atom is -0.381 e. The van der Waals surface area contributed by atoms with E-state index in [-0.39, 0.29) is 15.6 Å². The lowest BCUT2D eigenvalue weighted by molar-refractivity contribution is -0.384. The van der Waals surface area contributed by atoms with Crippen LogP contribution in [0.2, 0.25) is 10.0 Å². The molecule has 0 radical (unpaired) electrons. The van der Waals surface area contributed by atoms with E-state index in [0.29, 0.717) is 0 Å². The predicted molar refractivity (Wildman–Crippen MR) is 70.7 cm³/mol. The van der Waals surface area contributed by atoms with Gasteiger partial charge in [0, 0.05) is 12.1 Å². The molecule has 0 aliphatic rings. The summed E-state index contributed by atoms with van der Waals surface area (Å²) in [5.74, 6) is -1.85. The van der Waals surface area contributed by atoms with Gasteiger partial charge in [-0.25, -0.2) is 0 Å². The molecule has 0 spiro atoms. The summed E-state index contributed by atoms with van der Waals surface area (Å²) < 4.78 is 0. The summed E-state index contributed by atoms with van der Waals surface area (Å²) in [5, 5.41) is 21.6. The molecule has 0 fully saturated rings. The minimum atomic E-state index is -1.58. The standard InChI is InChI=1S/C10H9Cl2N3O5/c11-6-2-4(15(19)20)1-5(8(6)12)10(18)14-3-7(16)9(13)17/h1-2,7,16H,3H2,(H2,13,17)(H,14,18). The lowest BCUT2D eigenvalue weighted by atomic mass is 10.2. The number of nitro benzene ring substituents is 1. The topological polar surface area (TPSA) is 136 Å². The number of hydrogen-bond donors (Lipinski definition) is 3. The number of non-ortho nitro benzene ring substituents is 1. The summed E-state index contributed by atoms with van der Waals surface area (Å²) in [7, 11) is 0. The highest BCUT2D eigenvalue weighted by molar-refractivity contribution is 6.44. The van der Waals surface area contributed by atoms with Crippen LogP contribution >= 0.6 is 23.2 Å². The molecule has 0 heterocycles. The molecule has 0 saturated carbocycles. The van der Waals surface area contributed by atoms with Gasteiger partial charge in [-0.2, -0.15) is 0 Å². The Morgan fingerprint density at radius 3 is 2.55 bits per heavy atom. The second-order valence-corrected chi connectivity index (χ2v) is 4.46. The number of aliphatic hydroxyl groups excluding tert-OH is 1. The first-order chi connectivity index (χ1) is 9.23. The second-order valence-electron chi connectivity index (χ2n) is 3.67. The maximum Gasteiger partial charge on any atom is 0.271 e. The van der Waals surface area contributed by atoms with Crippen molar-refractivity contribution in [3.63, 3.8) is 0 Å². The summed E-state index contributed by atoms with van der Waals surface area (Å²) in [6.45, 7) is -0.454. The monoisotopic (exact) mass is 321 g/mol. The van der Waals surface area contributed by atoms with Crippen molar-refractivity contribution in [2.45, 2.75) is 6.10 Å². The van der Waals surface area contributed by atoms with E-state index in [4.69, 9.17) is 34.0 Å². The van der Waals surface area contributed by atoms with E-state index in [9.17, 15) is 19.7 Å². The molecule has 0 saturated heterocycles. The van der Waals surface area contributed by atoms with Gasteiger partial charge in [-0.05, 0) is 0 Å². The molecule has 1 rings (SSSR count). The smallest absolute Gasteiger partial charge is 0.271 e. The molecule has 0 aliphatic carbocycles. The summed E-state index contributed by atoms with van der Waals surface area (Å²) >= 11 is 11.5. The molecule has 0 aromatic heterocycles. The zero-order valence-electron chi connectivity index (χ0n) is 9.80. The molecule has 20 heavy (non-hydrogen) atoms. The lowest BCUT2D eigenvalue weighted by Gasteiger charge is -2.10. The lowest BCUT2D eigenvalue weighted by Crippen LogP contribution is -2.40. The highest BCUT2D eigenvalue weighted by Crippen LogP contribution is 2.30. The summed E-state index contributed by atoms with van der Waals surface area (Å²) in [5.41, 5.74) is 4.14. The quantitative estimate of drug-likeness (QED) is 0.535. The molecule has 0 aliphatic heterocycles. The van der Waals surface area contributed by atoms with E-state index in [0.717, 1.165) is 12.1 Å². The third kappa shape index (κ3) is 3.80. The number of carbonyl (C=O) groups is 2. The number of amides is 2. The third-order valence-electron chi connectivity index (χ3n) is 2.25. The summed E-state index contributed by atoms with van der Waals surface area (Å²) in [6.07, 6.45) is -1.58. The average molecular weight is 322 g/mol. The van der Waals surface area contributed by atoms with Crippen molar-refractivity contribution in [1.29, 1.82) is 0 Å². The van der Waals surface area contributed by atoms with E-state index in [1.807, 2.05) is 0 Å². The van der Waals surface area contributed by atoms with E-state index in [1.165, 1.54) is 0 Å². The first-order valence-electron chi connectivity index (χ1n) is 5.13. The first-order valence-corrected chi connectivity index (χ1v) is 5.88. The fraction of sp³-hybridized carbons (Fsp3) is 0.200. The summed E-state index contributed by atoms with van der Waals surface area (Å²) in [4.78, 5) is 32.3. The molecule has 8 nitrogen and oxygen atoms in total. The third-order valence-corrected chi connectivity index (χ3v) is 3.05. The molecule has 4 N–H and O–H groups in total. The number of halogens is 2. The second kappa shape index (κ2) is 6.51. The zero-order valence-corrected chi connectivity index (χ0v) is 11.3. The molecule has 10 heteroatoms. The maximum atomic E-state index is 11.8. The van der Waals surface area contributed by atoms with Gasteiger partial charge in [-0.15, -0.1) is 0 Å². The van der Waals surface area contributed by atoms with E-state index in [2.05, 4.69) is 5.32 Å². The Labute approximate surface area is 122 Å². The number of carbonyl (C=O) groups excluding carboxylic acids is 2. The Balaban J connectivity index is 2.98. The van der Waals surface area contributed by atoms with Gasteiger partial charge in [-0.1, -0.05) is 23.2 Å². The van der Waals surface area contributed by atoms with Gasteiger partial charge in [0.15, 0.2) is 0 Å². The van der Waals surface area contributed by atoms with Crippen LogP contribution in [0.3, 0.4) is 0 Å². The van der Waals surface area contributed by atoms with Gasteiger partial charge in [0.25, 0.3) is 11.6 Å². The van der Waals surface area contributed by atoms with Crippen molar-refractivity contribution in [2.75, 3.05) is 6.54 Å². The number of rotatable bonds is 5. The molecule has 108 valence electrons. The highest BCUT2D eigenvalue weighted by atomic mass is 35.5. The number of primary amides is 1. The normalized spacial score (nSPS) is 11.8. The van der Waals surface area contributed by atoms with Gasteiger partial charge >= 0.3 is 0 Å². The minimum absolute atomic E-state index is 0.165. The van der Waals surface area contributed by atoms with Gasteiger partial charge in [-0.3, -0.25) is 19.7 Å². The number of benzene rings is 1. The first kappa shape index (κ1) is 16.2. The van der Waals surface area contributed by atoms with Crippen LogP contribution in [0, 0.1) is 10.1 Å². The average Bonchev–Trinajstić information content (AvgIpc) is 2.37. The number of hydrogen-bond acceptors (Lipinski definition) is 5. The molecule has 2 amide bonds. The Morgan fingerprint density at radius 2 is 2.05 bits per heavy atom. The molecule has 1 atom stereocenters. The van der Waals surface area contributed by atoms with Crippen molar-refractivity contribution in [3.8, 4) is 0 Å². The Bertz CT molecular complexity index is 578. The van der Waals surface area contributed by atoms with Gasteiger partial charge in [0.2, 0.25) is 5.91 Å². The number of aliphatic hydroxyl groups is 1. The predicted octanol–water partition coefficient (Wildman–Crippen LogP) is 0.478. The summed E-state index contributed by atoms with van der Waals surface area (Å²) in [6, 6.07) is 1.93. The number of nitro groups is 1. The molecular formula is C10H9Cl2N3O5. The molecule has 1 unspecified atom stereocenters. The van der Waals surface area contributed by atoms with Gasteiger partial charge in [0.05, 0.1) is 27.1 Å². The van der Waals surface area contributed by atoms with E-state index >= 15 is 0 Å². The number of nitrogens with two attached hydrogens (primary N) is 1. The van der Waals surface area contributed by atoms with Crippen LogP contribution in [0.4, 0.5) is 5.69 Å². The van der Waals surface area contributed by atoms with Crippen LogP contribution in [0.5, 0.6) is 0 Å². The fourth-order valence-electron chi connectivity index (χ4n) is 1.23. The van der Waals surface area contributed by atoms with Crippen LogP contribution in [0.1, 0.15) is 10.4 Å². The van der Waals surface area contributed by atoms with Crippen LogP contribution in [-0.2, 0) is 4.79 Å². The molecule has 1 aromatic rings. The van der Waals surface area contributed by atoms with E-state index in [1.54, 1.807) is 0 Å². The number of nitrogens with one attached hydrogen (secondary N) is 1. The van der Waals surface area contributed by atoms with Crippen LogP contribution in [-0.4, -0.2) is 34.5 Å². The Hall–Kier alpha value is -1.90. The Morgan fingerprint density at radius 1 is 1.45 bits per heavy atom. The SMILES string of the molecule is NC(=O)C(O)CNC(=O)c1cc([N+](=O)[O-])cc(Cl)c1Cl. The van der Waals surface area contributed by atoms with Crippen LogP contribution in [0.25, 0.3) is 0 Å². The molecule has 0 bridgehead atoms. The fourth-order valence-corrected chi connectivity index (χ4v) is 1.64. The van der Waals surface area contributed by atoms with Gasteiger partial charge in [0.1, 0.15) is 6.10 Å². The maximum absolute atomic E-state index is 11.8. The largest absolute Gasteiger partial charge is 0.381 e. The molecule has 1 aromatic carbocycles. The van der Waals surface area contributed by atoms with Crippen molar-refractivity contribution in [3.05, 3.63) is 37.9 Å². The van der Waals surface area contributed by atoms with Crippen LogP contribution < -0.4 is 11.1 Å². The molecular weight excluding hydrogens is 313 g/mol. The number of nitrogens with zero attached hydrogens (tertiary/aromatic N) is 1. The van der Waals surface area contributed by atoms with Crippen molar-refractivity contribution in [2.24, 2.45) is 5.73 Å². The van der Waals surface area contributed by atoms with Crippen LogP contribution in [0.15, 0.2) is 12.1 Å². The zero-order chi connectivity index (χ0) is 15.4. The van der Waals surface area contributed by atoms with Crippen molar-refractivity contribution in [1.82, 2.24) is 5.32 Å². The van der Waals surface area contributed by atoms with Gasteiger partial charge < -0.3 is 16.2 Å². The Kier molecular flexibility index (Phi) is 5.26. The highest BCUT2D eigenvalue weighted by Gasteiger charge is 2.20.